The molecule has 110 valence electrons. The molecular formula is C15H18N4S2. The van der Waals surface area contributed by atoms with E-state index in [1.54, 1.807) is 11.8 Å². The van der Waals surface area contributed by atoms with Crippen molar-refractivity contribution in [3.63, 3.8) is 0 Å². The number of hydrogen-bond acceptors (Lipinski definition) is 5. The molecule has 0 amide bonds. The fourth-order valence-corrected chi connectivity index (χ4v) is 5.32. The zero-order valence-corrected chi connectivity index (χ0v) is 14.1. The second-order valence-corrected chi connectivity index (χ2v) is 8.08. The molecule has 4 rings (SSSR count). The van der Waals surface area contributed by atoms with E-state index in [2.05, 4.69) is 35.4 Å². The monoisotopic (exact) mass is 318 g/mol. The van der Waals surface area contributed by atoms with Crippen LogP contribution in [-0.4, -0.2) is 25.3 Å². The van der Waals surface area contributed by atoms with Crippen LogP contribution in [0.25, 0.3) is 15.9 Å². The van der Waals surface area contributed by atoms with Gasteiger partial charge in [0.25, 0.3) is 0 Å². The van der Waals surface area contributed by atoms with Crippen LogP contribution in [0.1, 0.15) is 36.5 Å². The third-order valence-corrected chi connectivity index (χ3v) is 6.17. The highest BCUT2D eigenvalue weighted by Gasteiger charge is 2.24. The number of thioether (sulfide) groups is 1. The summed E-state index contributed by atoms with van der Waals surface area (Å²) in [6.45, 7) is 6.53. The maximum absolute atomic E-state index is 4.84. The molecule has 0 bridgehead atoms. The van der Waals surface area contributed by atoms with Crippen molar-refractivity contribution in [2.75, 3.05) is 5.75 Å². The van der Waals surface area contributed by atoms with Gasteiger partial charge >= 0.3 is 0 Å². The van der Waals surface area contributed by atoms with Crippen molar-refractivity contribution in [1.29, 1.82) is 0 Å². The summed E-state index contributed by atoms with van der Waals surface area (Å²) in [5.41, 5.74) is 2.48. The maximum Gasteiger partial charge on any atom is 0.197 e. The van der Waals surface area contributed by atoms with Crippen LogP contribution in [0, 0.1) is 12.8 Å². The summed E-state index contributed by atoms with van der Waals surface area (Å²) in [6.07, 6.45) is 3.61. The van der Waals surface area contributed by atoms with Gasteiger partial charge < -0.3 is 0 Å². The Morgan fingerprint density at radius 1 is 1.38 bits per heavy atom. The van der Waals surface area contributed by atoms with E-state index in [-0.39, 0.29) is 0 Å². The molecule has 21 heavy (non-hydrogen) atoms. The SMILES string of the molecule is CCSc1nnc2c3c4c(sc3nc(C)n12)C[C@@H](C)CC4. The molecule has 4 nitrogen and oxygen atoms in total. The summed E-state index contributed by atoms with van der Waals surface area (Å²) < 4.78 is 2.13. The van der Waals surface area contributed by atoms with Crippen molar-refractivity contribution >= 4 is 39.0 Å². The van der Waals surface area contributed by atoms with Crippen LogP contribution < -0.4 is 0 Å². The molecule has 6 heteroatoms. The molecule has 0 spiro atoms. The number of aromatic nitrogens is 4. The van der Waals surface area contributed by atoms with Gasteiger partial charge in [-0.15, -0.1) is 21.5 Å². The van der Waals surface area contributed by atoms with Crippen molar-refractivity contribution in [2.24, 2.45) is 5.92 Å². The minimum absolute atomic E-state index is 0.784. The summed E-state index contributed by atoms with van der Waals surface area (Å²) in [6, 6.07) is 0. The summed E-state index contributed by atoms with van der Waals surface area (Å²) in [5, 5.41) is 11.1. The highest BCUT2D eigenvalue weighted by Crippen LogP contribution is 2.39. The van der Waals surface area contributed by atoms with Crippen LogP contribution in [0.15, 0.2) is 5.16 Å². The molecule has 3 aromatic heterocycles. The molecule has 0 fully saturated rings. The largest absolute Gasteiger partial charge is 0.257 e. The first-order chi connectivity index (χ1) is 10.2. The molecule has 3 heterocycles. The van der Waals surface area contributed by atoms with Crippen molar-refractivity contribution in [3.05, 3.63) is 16.3 Å². The second-order valence-electron chi connectivity index (χ2n) is 5.77. The molecular weight excluding hydrogens is 300 g/mol. The van der Waals surface area contributed by atoms with Gasteiger partial charge in [-0.2, -0.15) is 0 Å². The zero-order chi connectivity index (χ0) is 14.6. The van der Waals surface area contributed by atoms with E-state index in [1.807, 2.05) is 11.3 Å². The average Bonchev–Trinajstić information content (AvgIpc) is 3.00. The highest BCUT2D eigenvalue weighted by atomic mass is 32.2. The van der Waals surface area contributed by atoms with Gasteiger partial charge in [-0.1, -0.05) is 25.6 Å². The summed E-state index contributed by atoms with van der Waals surface area (Å²) >= 11 is 3.58. The van der Waals surface area contributed by atoms with Crippen LogP contribution in [0.2, 0.25) is 0 Å². The minimum Gasteiger partial charge on any atom is -0.257 e. The standard InChI is InChI=1S/C15H18N4S2/c1-4-20-15-18-17-13-12-10-6-5-8(2)7-11(10)21-14(12)16-9(3)19(13)15/h8H,4-7H2,1-3H3/t8-/m0/s1. The molecule has 0 unspecified atom stereocenters. The molecule has 0 saturated carbocycles. The van der Waals surface area contributed by atoms with Crippen LogP contribution >= 0.6 is 23.1 Å². The number of hydrogen-bond donors (Lipinski definition) is 0. The van der Waals surface area contributed by atoms with Gasteiger partial charge in [0.1, 0.15) is 10.7 Å². The molecule has 0 radical (unpaired) electrons. The average molecular weight is 318 g/mol. The molecule has 0 aromatic carbocycles. The smallest absolute Gasteiger partial charge is 0.197 e. The lowest BCUT2D eigenvalue weighted by molar-refractivity contribution is 0.509. The van der Waals surface area contributed by atoms with Gasteiger partial charge in [0, 0.05) is 4.88 Å². The third-order valence-electron chi connectivity index (χ3n) is 4.21. The van der Waals surface area contributed by atoms with Gasteiger partial charge in [-0.25, -0.2) is 4.98 Å². The number of thiophene rings is 1. The Labute approximate surface area is 132 Å². The van der Waals surface area contributed by atoms with Gasteiger partial charge in [0.2, 0.25) is 0 Å². The Morgan fingerprint density at radius 2 is 2.24 bits per heavy atom. The molecule has 1 aliphatic carbocycles. The van der Waals surface area contributed by atoms with Crippen LogP contribution in [0.3, 0.4) is 0 Å². The van der Waals surface area contributed by atoms with E-state index >= 15 is 0 Å². The lowest BCUT2D eigenvalue weighted by Gasteiger charge is -2.17. The number of rotatable bonds is 2. The lowest BCUT2D eigenvalue weighted by Crippen LogP contribution is -2.08. The number of nitrogens with zero attached hydrogens (tertiary/aromatic N) is 4. The number of fused-ring (bicyclic) bond motifs is 5. The highest BCUT2D eigenvalue weighted by molar-refractivity contribution is 7.99. The van der Waals surface area contributed by atoms with E-state index in [1.165, 1.54) is 28.7 Å². The maximum atomic E-state index is 4.84. The van der Waals surface area contributed by atoms with E-state index in [0.29, 0.717) is 0 Å². The fraction of sp³-hybridized carbons (Fsp3) is 0.533. The molecule has 0 saturated heterocycles. The Bertz CT molecular complexity index is 833. The van der Waals surface area contributed by atoms with E-state index in [4.69, 9.17) is 4.98 Å². The Balaban J connectivity index is 2.04. The molecule has 0 N–H and O–H groups in total. The predicted octanol–water partition coefficient (Wildman–Crippen LogP) is 3.88. The van der Waals surface area contributed by atoms with Crippen molar-refractivity contribution in [3.8, 4) is 0 Å². The third kappa shape index (κ3) is 1.99. The van der Waals surface area contributed by atoms with Crippen LogP contribution in [-0.2, 0) is 12.8 Å². The Kier molecular flexibility index (Phi) is 3.19. The minimum atomic E-state index is 0.784. The Morgan fingerprint density at radius 3 is 3.05 bits per heavy atom. The van der Waals surface area contributed by atoms with Crippen LogP contribution in [0.4, 0.5) is 0 Å². The fourth-order valence-electron chi connectivity index (χ4n) is 3.19. The normalized spacial score (nSPS) is 18.5. The number of aryl methyl sites for hydroxylation is 2. The first-order valence-corrected chi connectivity index (χ1v) is 9.28. The topological polar surface area (TPSA) is 43.1 Å². The summed E-state index contributed by atoms with van der Waals surface area (Å²) in [4.78, 5) is 7.49. The van der Waals surface area contributed by atoms with Crippen molar-refractivity contribution in [2.45, 2.75) is 45.2 Å². The predicted molar refractivity (Wildman–Crippen MR) is 88.5 cm³/mol. The summed E-state index contributed by atoms with van der Waals surface area (Å²) in [7, 11) is 0. The molecule has 3 aromatic rings. The van der Waals surface area contributed by atoms with Gasteiger partial charge in [-0.3, -0.25) is 4.40 Å². The van der Waals surface area contributed by atoms with Gasteiger partial charge in [0.15, 0.2) is 10.8 Å². The molecule has 1 atom stereocenters. The van der Waals surface area contributed by atoms with E-state index in [9.17, 15) is 0 Å². The van der Waals surface area contributed by atoms with E-state index in [0.717, 1.165) is 39.5 Å². The Hall–Kier alpha value is -1.14. The molecule has 0 aliphatic heterocycles. The molecule has 1 aliphatic rings. The summed E-state index contributed by atoms with van der Waals surface area (Å²) in [5.74, 6) is 2.77. The first-order valence-electron chi connectivity index (χ1n) is 7.47. The first kappa shape index (κ1) is 13.5. The lowest BCUT2D eigenvalue weighted by atomic mass is 9.89. The van der Waals surface area contributed by atoms with Crippen molar-refractivity contribution < 1.29 is 0 Å². The zero-order valence-electron chi connectivity index (χ0n) is 12.5. The van der Waals surface area contributed by atoms with E-state index < -0.39 is 0 Å². The van der Waals surface area contributed by atoms with Gasteiger partial charge in [-0.05, 0) is 43.4 Å². The van der Waals surface area contributed by atoms with Gasteiger partial charge in [0.05, 0.1) is 5.39 Å². The second kappa shape index (κ2) is 4.95. The quantitative estimate of drug-likeness (QED) is 0.672. The van der Waals surface area contributed by atoms with Crippen LogP contribution in [0.5, 0.6) is 0 Å². The van der Waals surface area contributed by atoms with Crippen molar-refractivity contribution in [1.82, 2.24) is 19.6 Å².